The van der Waals surface area contributed by atoms with Crippen molar-refractivity contribution in [3.05, 3.63) is 12.2 Å². The van der Waals surface area contributed by atoms with Gasteiger partial charge < -0.3 is 14.6 Å². The third-order valence-electron chi connectivity index (χ3n) is 3.21. The van der Waals surface area contributed by atoms with Crippen LogP contribution in [-0.4, -0.2) is 42.0 Å². The van der Waals surface area contributed by atoms with Crippen LogP contribution >= 0.6 is 0 Å². The number of carbonyl (C=O) groups excluding carboxylic acids is 2. The second-order valence-corrected chi connectivity index (χ2v) is 5.41. The van der Waals surface area contributed by atoms with E-state index in [-0.39, 0.29) is 25.0 Å². The van der Waals surface area contributed by atoms with Gasteiger partial charge in [0.2, 0.25) is 0 Å². The van der Waals surface area contributed by atoms with Crippen molar-refractivity contribution < 1.29 is 58.9 Å². The first kappa shape index (κ1) is 25.1. The van der Waals surface area contributed by atoms with Gasteiger partial charge in [0.25, 0.3) is 0 Å². The predicted octanol–water partition coefficient (Wildman–Crippen LogP) is 3.25. The molecule has 0 radical (unpaired) electrons. The average molecular weight is 417 g/mol. The van der Waals surface area contributed by atoms with E-state index in [9.17, 15) is 54.2 Å². The molecule has 13 heteroatoms. The van der Waals surface area contributed by atoms with Gasteiger partial charge in [-0.3, -0.25) is 0 Å². The topological polar surface area (TPSA) is 66.4 Å². The van der Waals surface area contributed by atoms with Gasteiger partial charge in [-0.1, -0.05) is 19.8 Å². The number of halogens is 9. The van der Waals surface area contributed by atoms with Gasteiger partial charge in [0, 0.05) is 6.08 Å². The summed E-state index contributed by atoms with van der Waals surface area (Å²) in [5, 5.41) is 10.1. The standard InChI is InChI=1S/C14H15F9O4/c1-2-3-4-8(27-10(26)6-5-9(24)25)7-11(15,16)12(17,18)13(19,20)14(21,22)23/h5-6,8H,2-4,7H2,1H3,(H,24,25)/p-1. The van der Waals surface area contributed by atoms with Crippen molar-refractivity contribution in [1.29, 1.82) is 0 Å². The maximum absolute atomic E-state index is 13.6. The van der Waals surface area contributed by atoms with Crippen molar-refractivity contribution in [2.75, 3.05) is 0 Å². The molecule has 1 unspecified atom stereocenters. The van der Waals surface area contributed by atoms with Gasteiger partial charge in [-0.15, -0.1) is 0 Å². The molecule has 0 aromatic heterocycles. The van der Waals surface area contributed by atoms with E-state index in [4.69, 9.17) is 0 Å². The summed E-state index contributed by atoms with van der Waals surface area (Å²) >= 11 is 0. The first-order chi connectivity index (χ1) is 12.0. The van der Waals surface area contributed by atoms with Crippen molar-refractivity contribution in [2.24, 2.45) is 0 Å². The molecule has 0 rings (SSSR count). The Hall–Kier alpha value is -1.95. The molecule has 0 fully saturated rings. The highest BCUT2D eigenvalue weighted by Gasteiger charge is 2.81. The quantitative estimate of drug-likeness (QED) is 0.311. The van der Waals surface area contributed by atoms with E-state index in [0.29, 0.717) is 0 Å². The lowest BCUT2D eigenvalue weighted by atomic mass is 9.96. The fraction of sp³-hybridized carbons (Fsp3) is 0.714. The van der Waals surface area contributed by atoms with Crippen LogP contribution in [0.25, 0.3) is 0 Å². The van der Waals surface area contributed by atoms with Crippen LogP contribution in [0.1, 0.15) is 32.6 Å². The highest BCUT2D eigenvalue weighted by Crippen LogP contribution is 2.54. The SMILES string of the molecule is CCCCC(CC(F)(F)C(F)(F)C(F)(F)C(F)(F)F)OC(=O)C=CC(=O)[O-]. The third-order valence-corrected chi connectivity index (χ3v) is 3.21. The molecular weight excluding hydrogens is 403 g/mol. The minimum absolute atomic E-state index is 0.0283. The highest BCUT2D eigenvalue weighted by atomic mass is 19.4. The summed E-state index contributed by atoms with van der Waals surface area (Å²) in [6.07, 6.45) is -11.5. The molecule has 1 atom stereocenters. The van der Waals surface area contributed by atoms with Crippen LogP contribution in [0.2, 0.25) is 0 Å². The van der Waals surface area contributed by atoms with Crippen LogP contribution in [0.3, 0.4) is 0 Å². The lowest BCUT2D eigenvalue weighted by Gasteiger charge is -2.35. The Kier molecular flexibility index (Phi) is 8.19. The summed E-state index contributed by atoms with van der Waals surface area (Å²) in [4.78, 5) is 21.4. The summed E-state index contributed by atoms with van der Waals surface area (Å²) in [5.74, 6) is -23.3. The van der Waals surface area contributed by atoms with Crippen LogP contribution in [0, 0.1) is 0 Å². The number of carboxylic acids is 1. The summed E-state index contributed by atoms with van der Waals surface area (Å²) in [5.41, 5.74) is 0. The predicted molar refractivity (Wildman–Crippen MR) is 69.1 cm³/mol. The fourth-order valence-electron chi connectivity index (χ4n) is 1.80. The first-order valence-corrected chi connectivity index (χ1v) is 7.29. The maximum Gasteiger partial charge on any atom is 0.460 e. The van der Waals surface area contributed by atoms with Crippen LogP contribution in [-0.2, 0) is 14.3 Å². The second kappa shape index (κ2) is 8.83. The van der Waals surface area contributed by atoms with Crippen molar-refractivity contribution in [3.8, 4) is 0 Å². The summed E-state index contributed by atoms with van der Waals surface area (Å²) in [6.45, 7) is 1.50. The zero-order valence-electron chi connectivity index (χ0n) is 13.6. The van der Waals surface area contributed by atoms with E-state index in [1.807, 2.05) is 0 Å². The van der Waals surface area contributed by atoms with Crippen molar-refractivity contribution in [1.82, 2.24) is 0 Å². The van der Waals surface area contributed by atoms with Crippen LogP contribution in [0.5, 0.6) is 0 Å². The van der Waals surface area contributed by atoms with E-state index < -0.39 is 54.8 Å². The first-order valence-electron chi connectivity index (χ1n) is 7.29. The van der Waals surface area contributed by atoms with Gasteiger partial charge in [0.1, 0.15) is 6.10 Å². The van der Waals surface area contributed by atoms with Gasteiger partial charge >= 0.3 is 29.9 Å². The number of carboxylic acid groups (broad SMARTS) is 1. The van der Waals surface area contributed by atoms with E-state index in [1.165, 1.54) is 6.92 Å². The molecule has 0 saturated heterocycles. The summed E-state index contributed by atoms with van der Waals surface area (Å²) in [7, 11) is 0. The maximum atomic E-state index is 13.6. The molecule has 0 amide bonds. The minimum atomic E-state index is -7.04. The zero-order chi connectivity index (χ0) is 21.7. The van der Waals surface area contributed by atoms with Crippen LogP contribution in [0.15, 0.2) is 12.2 Å². The smallest absolute Gasteiger partial charge is 0.460 e. The Morgan fingerprint density at radius 1 is 0.963 bits per heavy atom. The molecule has 0 aromatic carbocycles. The second-order valence-electron chi connectivity index (χ2n) is 5.41. The normalized spacial score (nSPS) is 15.0. The fourth-order valence-corrected chi connectivity index (χ4v) is 1.80. The average Bonchev–Trinajstić information content (AvgIpc) is 2.48. The number of unbranched alkanes of at least 4 members (excludes halogenated alkanes) is 1. The Bertz CT molecular complexity index is 555. The number of hydrogen-bond donors (Lipinski definition) is 0. The number of esters is 1. The number of alkyl halides is 9. The number of ether oxygens (including phenoxy) is 1. The lowest BCUT2D eigenvalue weighted by Crippen LogP contribution is -2.61. The van der Waals surface area contributed by atoms with Crippen molar-refractivity contribution in [3.63, 3.8) is 0 Å². The third kappa shape index (κ3) is 6.31. The molecular formula is C14H14F9O4-. The Morgan fingerprint density at radius 3 is 1.89 bits per heavy atom. The molecule has 0 bridgehead atoms. The molecule has 0 aromatic rings. The van der Waals surface area contributed by atoms with Crippen LogP contribution < -0.4 is 5.11 Å². The van der Waals surface area contributed by atoms with Gasteiger partial charge in [0.05, 0.1) is 12.4 Å². The Balaban J connectivity index is 5.54. The monoisotopic (exact) mass is 417 g/mol. The van der Waals surface area contributed by atoms with E-state index in [1.54, 1.807) is 0 Å². The Morgan fingerprint density at radius 2 is 1.48 bits per heavy atom. The molecule has 0 saturated carbocycles. The number of hydrogen-bond acceptors (Lipinski definition) is 4. The van der Waals surface area contributed by atoms with Crippen LogP contribution in [0.4, 0.5) is 39.5 Å². The van der Waals surface area contributed by atoms with E-state index >= 15 is 0 Å². The van der Waals surface area contributed by atoms with Gasteiger partial charge in [-0.25, -0.2) is 4.79 Å². The number of aliphatic carboxylic acids is 1. The Labute approximate surface area is 147 Å². The number of carbonyl (C=O) groups is 2. The number of rotatable bonds is 10. The largest absolute Gasteiger partial charge is 0.545 e. The van der Waals surface area contributed by atoms with Gasteiger partial charge in [-0.05, 0) is 12.5 Å². The highest BCUT2D eigenvalue weighted by molar-refractivity contribution is 5.89. The zero-order valence-corrected chi connectivity index (χ0v) is 13.6. The van der Waals surface area contributed by atoms with E-state index in [0.717, 1.165) is 0 Å². The van der Waals surface area contributed by atoms with Crippen molar-refractivity contribution in [2.45, 2.75) is 62.7 Å². The molecule has 4 nitrogen and oxygen atoms in total. The molecule has 27 heavy (non-hydrogen) atoms. The molecule has 0 aliphatic rings. The molecule has 0 aliphatic carbocycles. The van der Waals surface area contributed by atoms with Gasteiger partial charge in [-0.2, -0.15) is 39.5 Å². The summed E-state index contributed by atoms with van der Waals surface area (Å²) in [6, 6.07) is 0. The minimum Gasteiger partial charge on any atom is -0.545 e. The molecule has 0 heterocycles. The van der Waals surface area contributed by atoms with E-state index in [2.05, 4.69) is 4.74 Å². The summed E-state index contributed by atoms with van der Waals surface area (Å²) < 4.78 is 120. The van der Waals surface area contributed by atoms with Gasteiger partial charge in [0.15, 0.2) is 0 Å². The lowest BCUT2D eigenvalue weighted by molar-refractivity contribution is -0.398. The molecule has 0 N–H and O–H groups in total. The van der Waals surface area contributed by atoms with Crippen molar-refractivity contribution >= 4 is 11.9 Å². The molecule has 0 spiro atoms. The molecule has 158 valence electrons. The molecule has 0 aliphatic heterocycles.